The summed E-state index contributed by atoms with van der Waals surface area (Å²) in [6, 6.07) is -1.05. The lowest BCUT2D eigenvalue weighted by Crippen LogP contribution is -2.45. The first-order valence-corrected chi connectivity index (χ1v) is 5.74. The zero-order valence-corrected chi connectivity index (χ0v) is 8.99. The molecule has 0 aliphatic carbocycles. The van der Waals surface area contributed by atoms with E-state index in [0.29, 0.717) is 5.75 Å². The smallest absolute Gasteiger partial charge is 0.326 e. The molecule has 0 bridgehead atoms. The Kier molecular flexibility index (Phi) is 3.90. The van der Waals surface area contributed by atoms with Gasteiger partial charge in [-0.3, -0.25) is 14.5 Å². The summed E-state index contributed by atoms with van der Waals surface area (Å²) in [4.78, 5) is 34.2. The van der Waals surface area contributed by atoms with Gasteiger partial charge in [-0.1, -0.05) is 0 Å². The average Bonchev–Trinajstić information content (AvgIpc) is 2.49. The maximum atomic E-state index is 11.2. The third kappa shape index (κ3) is 2.59. The monoisotopic (exact) mass is 229 g/mol. The molecule has 0 aromatic carbocycles. The molecular weight excluding hydrogens is 218 g/mol. The number of nitrogens with zero attached hydrogens (tertiary/aromatic N) is 1. The molecule has 1 rings (SSSR count). The van der Waals surface area contributed by atoms with Gasteiger partial charge in [0.1, 0.15) is 6.04 Å². The molecule has 1 heterocycles. The molecule has 0 saturated heterocycles. The molecule has 82 valence electrons. The number of aliphatic carboxylic acids is 1. The molecule has 0 unspecified atom stereocenters. The lowest BCUT2D eigenvalue weighted by Gasteiger charge is -2.21. The summed E-state index contributed by atoms with van der Waals surface area (Å²) in [6.45, 7) is 0. The van der Waals surface area contributed by atoms with E-state index in [1.807, 2.05) is 6.26 Å². The van der Waals surface area contributed by atoms with Crippen molar-refractivity contribution in [3.63, 3.8) is 0 Å². The first-order chi connectivity index (χ1) is 7.07. The molecule has 0 radical (unpaired) electrons. The van der Waals surface area contributed by atoms with Gasteiger partial charge >= 0.3 is 5.97 Å². The number of rotatable bonds is 5. The van der Waals surface area contributed by atoms with Gasteiger partial charge in [-0.2, -0.15) is 11.8 Å². The van der Waals surface area contributed by atoms with E-state index in [1.165, 1.54) is 11.8 Å². The van der Waals surface area contributed by atoms with Crippen molar-refractivity contribution in [2.45, 2.75) is 12.5 Å². The van der Waals surface area contributed by atoms with Crippen LogP contribution >= 0.6 is 11.8 Å². The van der Waals surface area contributed by atoms with Crippen LogP contribution in [-0.2, 0) is 14.4 Å². The Morgan fingerprint density at radius 1 is 1.47 bits per heavy atom. The number of carboxylic acid groups (broad SMARTS) is 1. The maximum Gasteiger partial charge on any atom is 0.326 e. The molecule has 0 aromatic rings. The van der Waals surface area contributed by atoms with Crippen molar-refractivity contribution in [2.24, 2.45) is 0 Å². The van der Waals surface area contributed by atoms with E-state index in [1.54, 1.807) is 0 Å². The third-order valence-electron chi connectivity index (χ3n) is 2.04. The zero-order valence-electron chi connectivity index (χ0n) is 8.17. The van der Waals surface area contributed by atoms with Crippen LogP contribution < -0.4 is 0 Å². The average molecular weight is 229 g/mol. The van der Waals surface area contributed by atoms with Crippen LogP contribution in [0, 0.1) is 0 Å². The molecule has 5 nitrogen and oxygen atoms in total. The summed E-state index contributed by atoms with van der Waals surface area (Å²) < 4.78 is 0. The number of carbonyl (C=O) groups excluding carboxylic acids is 2. The second-order valence-electron chi connectivity index (χ2n) is 3.02. The normalized spacial score (nSPS) is 17.3. The molecule has 0 spiro atoms. The predicted octanol–water partition coefficient (Wildman–Crippen LogP) is 0.118. The fraction of sp³-hybridized carbons (Fsp3) is 0.444. The molecule has 1 N–H and O–H groups in total. The van der Waals surface area contributed by atoms with Gasteiger partial charge in [0.05, 0.1) is 0 Å². The topological polar surface area (TPSA) is 74.7 Å². The third-order valence-corrected chi connectivity index (χ3v) is 2.68. The highest BCUT2D eigenvalue weighted by atomic mass is 32.2. The van der Waals surface area contributed by atoms with E-state index >= 15 is 0 Å². The second kappa shape index (κ2) is 4.97. The number of carboxylic acids is 1. The van der Waals surface area contributed by atoms with Gasteiger partial charge in [0, 0.05) is 12.2 Å². The van der Waals surface area contributed by atoms with Gasteiger partial charge in [-0.25, -0.2) is 4.79 Å². The van der Waals surface area contributed by atoms with Crippen molar-refractivity contribution in [3.05, 3.63) is 12.2 Å². The van der Waals surface area contributed by atoms with Crippen LogP contribution in [0.15, 0.2) is 12.2 Å². The van der Waals surface area contributed by atoms with E-state index in [4.69, 9.17) is 5.11 Å². The lowest BCUT2D eigenvalue weighted by atomic mass is 10.2. The first kappa shape index (κ1) is 11.8. The van der Waals surface area contributed by atoms with E-state index in [0.717, 1.165) is 17.1 Å². The molecule has 1 aliphatic heterocycles. The van der Waals surface area contributed by atoms with Gasteiger partial charge in [-0.15, -0.1) is 0 Å². The zero-order chi connectivity index (χ0) is 11.4. The van der Waals surface area contributed by atoms with Gasteiger partial charge in [0.2, 0.25) is 0 Å². The van der Waals surface area contributed by atoms with Crippen molar-refractivity contribution in [2.75, 3.05) is 12.0 Å². The van der Waals surface area contributed by atoms with Crippen molar-refractivity contribution in [1.82, 2.24) is 4.90 Å². The molecular formula is C9H11NO4S. The number of hydrogen-bond donors (Lipinski definition) is 1. The van der Waals surface area contributed by atoms with Crippen molar-refractivity contribution in [1.29, 1.82) is 0 Å². The van der Waals surface area contributed by atoms with E-state index in [9.17, 15) is 14.4 Å². The summed E-state index contributed by atoms with van der Waals surface area (Å²) in [5.41, 5.74) is 0. The Morgan fingerprint density at radius 3 is 2.40 bits per heavy atom. The van der Waals surface area contributed by atoms with Gasteiger partial charge in [-0.05, 0) is 18.4 Å². The maximum absolute atomic E-state index is 11.2. The van der Waals surface area contributed by atoms with Crippen molar-refractivity contribution < 1.29 is 19.5 Å². The van der Waals surface area contributed by atoms with Crippen LogP contribution in [0.2, 0.25) is 0 Å². The van der Waals surface area contributed by atoms with Crippen LogP contribution in [0.1, 0.15) is 6.42 Å². The first-order valence-electron chi connectivity index (χ1n) is 4.35. The largest absolute Gasteiger partial charge is 0.480 e. The lowest BCUT2D eigenvalue weighted by molar-refractivity contribution is -0.153. The summed E-state index contributed by atoms with van der Waals surface area (Å²) >= 11 is 1.48. The highest BCUT2D eigenvalue weighted by Gasteiger charge is 2.35. The Hall–Kier alpha value is -1.30. The Bertz CT molecular complexity index is 308. The molecule has 1 aliphatic rings. The standard InChI is InChI=1S/C9H11NO4S/c1-15-5-4-6(9(13)14)10-7(11)2-3-8(10)12/h2-3,6H,4-5H2,1H3,(H,13,14)/t6-/m0/s1. The minimum absolute atomic E-state index is 0.273. The number of hydrogen-bond acceptors (Lipinski definition) is 4. The van der Waals surface area contributed by atoms with Crippen LogP contribution in [0.3, 0.4) is 0 Å². The molecule has 15 heavy (non-hydrogen) atoms. The molecule has 6 heteroatoms. The fourth-order valence-corrected chi connectivity index (χ4v) is 1.77. The number of imide groups is 1. The van der Waals surface area contributed by atoms with E-state index in [-0.39, 0.29) is 6.42 Å². The number of carbonyl (C=O) groups is 3. The van der Waals surface area contributed by atoms with Crippen molar-refractivity contribution in [3.8, 4) is 0 Å². The summed E-state index contributed by atoms with van der Waals surface area (Å²) in [5.74, 6) is -1.65. The summed E-state index contributed by atoms with van der Waals surface area (Å²) in [7, 11) is 0. The predicted molar refractivity (Wildman–Crippen MR) is 55.4 cm³/mol. The molecule has 1 atom stereocenters. The van der Waals surface area contributed by atoms with Crippen LogP contribution in [0.5, 0.6) is 0 Å². The Labute approximate surface area is 91.1 Å². The van der Waals surface area contributed by atoms with Crippen LogP contribution in [-0.4, -0.2) is 45.8 Å². The molecule has 0 saturated carbocycles. The quantitative estimate of drug-likeness (QED) is 0.678. The minimum atomic E-state index is -1.14. The van der Waals surface area contributed by atoms with Crippen LogP contribution in [0.25, 0.3) is 0 Å². The highest BCUT2D eigenvalue weighted by Crippen LogP contribution is 2.14. The Morgan fingerprint density at radius 2 is 2.00 bits per heavy atom. The van der Waals surface area contributed by atoms with Crippen molar-refractivity contribution >= 4 is 29.5 Å². The number of amides is 2. The van der Waals surface area contributed by atoms with Gasteiger partial charge < -0.3 is 5.11 Å². The molecule has 2 amide bonds. The van der Waals surface area contributed by atoms with Gasteiger partial charge in [0.25, 0.3) is 11.8 Å². The summed E-state index contributed by atoms with van der Waals surface area (Å²) in [5, 5.41) is 8.91. The van der Waals surface area contributed by atoms with Gasteiger partial charge in [0.15, 0.2) is 0 Å². The summed E-state index contributed by atoms with van der Waals surface area (Å²) in [6.07, 6.45) is 4.30. The molecule has 0 aromatic heterocycles. The minimum Gasteiger partial charge on any atom is -0.480 e. The Balaban J connectivity index is 2.76. The second-order valence-corrected chi connectivity index (χ2v) is 4.00. The van der Waals surface area contributed by atoms with E-state index in [2.05, 4.69) is 0 Å². The number of thioether (sulfide) groups is 1. The fourth-order valence-electron chi connectivity index (χ4n) is 1.31. The molecule has 0 fully saturated rings. The SMILES string of the molecule is CSCC[C@@H](C(=O)O)N1C(=O)C=CC1=O. The van der Waals surface area contributed by atoms with Crippen LogP contribution in [0.4, 0.5) is 0 Å². The van der Waals surface area contributed by atoms with E-state index < -0.39 is 23.8 Å². The highest BCUT2D eigenvalue weighted by molar-refractivity contribution is 7.98.